The van der Waals surface area contributed by atoms with Crippen molar-refractivity contribution in [3.05, 3.63) is 30.0 Å². The summed E-state index contributed by atoms with van der Waals surface area (Å²) in [5, 5.41) is 4.64. The van der Waals surface area contributed by atoms with E-state index >= 15 is 0 Å². The van der Waals surface area contributed by atoms with Crippen molar-refractivity contribution in [3.8, 4) is 5.75 Å². The summed E-state index contributed by atoms with van der Waals surface area (Å²) in [7, 11) is 1.72. The molecule has 1 unspecified atom stereocenters. The Labute approximate surface area is 106 Å². The smallest absolute Gasteiger partial charge is 0.128 e. The molecule has 96 valence electrons. The minimum Gasteiger partial charge on any atom is -0.496 e. The minimum atomic E-state index is 0.342. The summed E-state index contributed by atoms with van der Waals surface area (Å²) in [6.45, 7) is 2.50. The molecule has 4 nitrogen and oxygen atoms in total. The number of nitrogens with one attached hydrogen (secondary N) is 2. The molecule has 0 saturated carbocycles. The van der Waals surface area contributed by atoms with Crippen LogP contribution in [0.3, 0.4) is 0 Å². The first kappa shape index (κ1) is 11.6. The molecule has 4 heteroatoms. The molecule has 0 amide bonds. The van der Waals surface area contributed by atoms with Crippen molar-refractivity contribution >= 4 is 10.9 Å². The van der Waals surface area contributed by atoms with Gasteiger partial charge in [-0.05, 0) is 30.2 Å². The van der Waals surface area contributed by atoms with Gasteiger partial charge in [-0.2, -0.15) is 0 Å². The molecule has 1 atom stereocenters. The number of benzene rings is 1. The number of hydrogen-bond donors (Lipinski definition) is 2. The summed E-state index contributed by atoms with van der Waals surface area (Å²) in [5.74, 6) is 0.927. The highest BCUT2D eigenvalue weighted by molar-refractivity contribution is 5.86. The summed E-state index contributed by atoms with van der Waals surface area (Å²) in [4.78, 5) is 3.25. The Morgan fingerprint density at radius 3 is 3.17 bits per heavy atom. The Hall–Kier alpha value is -1.52. The lowest BCUT2D eigenvalue weighted by Gasteiger charge is -2.17. The van der Waals surface area contributed by atoms with E-state index in [-0.39, 0.29) is 0 Å². The van der Waals surface area contributed by atoms with Gasteiger partial charge in [0, 0.05) is 36.3 Å². The maximum atomic E-state index is 5.47. The molecule has 0 radical (unpaired) electrons. The van der Waals surface area contributed by atoms with Crippen molar-refractivity contribution < 1.29 is 9.47 Å². The highest BCUT2D eigenvalue weighted by Crippen LogP contribution is 2.30. The van der Waals surface area contributed by atoms with Crippen molar-refractivity contribution in [1.29, 1.82) is 0 Å². The number of hydrogen-bond acceptors (Lipinski definition) is 3. The van der Waals surface area contributed by atoms with Crippen LogP contribution in [0.5, 0.6) is 5.75 Å². The molecule has 0 aliphatic carbocycles. The van der Waals surface area contributed by atoms with Crippen LogP contribution >= 0.6 is 0 Å². The molecule has 1 fully saturated rings. The highest BCUT2D eigenvalue weighted by atomic mass is 16.5. The molecular formula is C14H18N2O2. The largest absolute Gasteiger partial charge is 0.496 e. The fourth-order valence-electron chi connectivity index (χ4n) is 2.52. The molecule has 18 heavy (non-hydrogen) atoms. The van der Waals surface area contributed by atoms with Gasteiger partial charge in [-0.3, -0.25) is 0 Å². The molecule has 2 heterocycles. The first-order valence-corrected chi connectivity index (χ1v) is 6.34. The molecule has 1 aromatic carbocycles. The SMILES string of the molecule is COc1cc(C2CCOCCN2)cc2[nH]ccc12. The number of H-pyrrole nitrogens is 1. The Bertz CT molecular complexity index is 528. The number of fused-ring (bicyclic) bond motifs is 1. The van der Waals surface area contributed by atoms with E-state index in [4.69, 9.17) is 9.47 Å². The van der Waals surface area contributed by atoms with Crippen molar-refractivity contribution in [2.24, 2.45) is 0 Å². The molecule has 0 spiro atoms. The molecule has 1 aliphatic rings. The second-order valence-electron chi connectivity index (χ2n) is 4.57. The van der Waals surface area contributed by atoms with Gasteiger partial charge in [0.1, 0.15) is 5.75 Å². The summed E-state index contributed by atoms with van der Waals surface area (Å²) in [6, 6.07) is 6.70. The van der Waals surface area contributed by atoms with Crippen LogP contribution < -0.4 is 10.1 Å². The first-order valence-electron chi connectivity index (χ1n) is 6.34. The van der Waals surface area contributed by atoms with E-state index in [0.717, 1.165) is 42.8 Å². The lowest BCUT2D eigenvalue weighted by Crippen LogP contribution is -2.22. The second kappa shape index (κ2) is 5.00. The van der Waals surface area contributed by atoms with Crippen LogP contribution in [0, 0.1) is 0 Å². The fourth-order valence-corrected chi connectivity index (χ4v) is 2.52. The van der Waals surface area contributed by atoms with Crippen molar-refractivity contribution in [3.63, 3.8) is 0 Å². The average Bonchev–Trinajstić information content (AvgIpc) is 2.71. The molecule has 2 aromatic rings. The molecule has 3 rings (SSSR count). The molecule has 1 saturated heterocycles. The van der Waals surface area contributed by atoms with E-state index < -0.39 is 0 Å². The van der Waals surface area contributed by atoms with Crippen molar-refractivity contribution in [2.75, 3.05) is 26.9 Å². The first-order chi connectivity index (χ1) is 8.88. The van der Waals surface area contributed by atoms with Gasteiger partial charge in [0.2, 0.25) is 0 Å². The zero-order chi connectivity index (χ0) is 12.4. The third kappa shape index (κ3) is 2.09. The molecule has 0 bridgehead atoms. The van der Waals surface area contributed by atoms with Crippen LogP contribution in [0.25, 0.3) is 10.9 Å². The zero-order valence-corrected chi connectivity index (χ0v) is 10.5. The van der Waals surface area contributed by atoms with Crippen molar-refractivity contribution in [2.45, 2.75) is 12.5 Å². The monoisotopic (exact) mass is 246 g/mol. The van der Waals surface area contributed by atoms with Gasteiger partial charge >= 0.3 is 0 Å². The van der Waals surface area contributed by atoms with E-state index in [1.807, 2.05) is 12.3 Å². The summed E-state index contributed by atoms with van der Waals surface area (Å²) < 4.78 is 10.9. The quantitative estimate of drug-likeness (QED) is 0.854. The second-order valence-corrected chi connectivity index (χ2v) is 4.57. The van der Waals surface area contributed by atoms with Crippen LogP contribution in [-0.2, 0) is 4.74 Å². The standard InChI is InChI=1S/C14H18N2O2/c1-17-14-9-10(8-13-11(14)2-4-15-13)12-3-6-18-7-5-16-12/h2,4,8-9,12,15-16H,3,5-7H2,1H3. The summed E-state index contributed by atoms with van der Waals surface area (Å²) in [6.07, 6.45) is 2.94. The fraction of sp³-hybridized carbons (Fsp3) is 0.429. The van der Waals surface area contributed by atoms with Gasteiger partial charge < -0.3 is 19.8 Å². The highest BCUT2D eigenvalue weighted by Gasteiger charge is 2.16. The van der Waals surface area contributed by atoms with Gasteiger partial charge in [-0.1, -0.05) is 0 Å². The number of rotatable bonds is 2. The number of methoxy groups -OCH3 is 1. The Morgan fingerprint density at radius 2 is 2.28 bits per heavy atom. The summed E-state index contributed by atoms with van der Waals surface area (Å²) >= 11 is 0. The lowest BCUT2D eigenvalue weighted by atomic mass is 10.0. The van der Waals surface area contributed by atoms with Gasteiger partial charge in [-0.25, -0.2) is 0 Å². The minimum absolute atomic E-state index is 0.342. The predicted octanol–water partition coefficient (Wildman–Crippen LogP) is 2.23. The van der Waals surface area contributed by atoms with Crippen molar-refractivity contribution in [1.82, 2.24) is 10.3 Å². The van der Waals surface area contributed by atoms with Gasteiger partial charge in [0.05, 0.1) is 13.7 Å². The Balaban J connectivity index is 1.99. The van der Waals surface area contributed by atoms with E-state index in [1.165, 1.54) is 5.56 Å². The van der Waals surface area contributed by atoms with E-state index in [0.29, 0.717) is 6.04 Å². The normalized spacial score (nSPS) is 20.8. The zero-order valence-electron chi connectivity index (χ0n) is 10.5. The van der Waals surface area contributed by atoms with E-state index in [9.17, 15) is 0 Å². The van der Waals surface area contributed by atoms with E-state index in [1.54, 1.807) is 7.11 Å². The Morgan fingerprint density at radius 1 is 1.33 bits per heavy atom. The number of aromatic nitrogens is 1. The van der Waals surface area contributed by atoms with Crippen LogP contribution in [-0.4, -0.2) is 31.9 Å². The molecule has 1 aliphatic heterocycles. The molecule has 1 aromatic heterocycles. The molecular weight excluding hydrogens is 228 g/mol. The topological polar surface area (TPSA) is 46.3 Å². The Kier molecular flexibility index (Phi) is 3.21. The molecule has 2 N–H and O–H groups in total. The maximum absolute atomic E-state index is 5.47. The van der Waals surface area contributed by atoms with Crippen LogP contribution in [0.4, 0.5) is 0 Å². The van der Waals surface area contributed by atoms with E-state index in [2.05, 4.69) is 22.4 Å². The maximum Gasteiger partial charge on any atom is 0.128 e. The number of ether oxygens (including phenoxy) is 2. The third-order valence-corrected chi connectivity index (χ3v) is 3.46. The predicted molar refractivity (Wildman–Crippen MR) is 71.0 cm³/mol. The summed E-state index contributed by atoms with van der Waals surface area (Å²) in [5.41, 5.74) is 2.38. The van der Waals surface area contributed by atoms with Crippen LogP contribution in [0.1, 0.15) is 18.0 Å². The third-order valence-electron chi connectivity index (χ3n) is 3.46. The van der Waals surface area contributed by atoms with Gasteiger partial charge in [-0.15, -0.1) is 0 Å². The van der Waals surface area contributed by atoms with Gasteiger partial charge in [0.15, 0.2) is 0 Å². The van der Waals surface area contributed by atoms with Crippen LogP contribution in [0.15, 0.2) is 24.4 Å². The average molecular weight is 246 g/mol. The lowest BCUT2D eigenvalue weighted by molar-refractivity contribution is 0.150. The van der Waals surface area contributed by atoms with Gasteiger partial charge in [0.25, 0.3) is 0 Å². The number of aromatic amines is 1. The van der Waals surface area contributed by atoms with Crippen LogP contribution in [0.2, 0.25) is 0 Å².